The Kier molecular flexibility index (Phi) is 5.00. The molecule has 2 amide bonds. The first-order valence-electron chi connectivity index (χ1n) is 8.89. The van der Waals surface area contributed by atoms with E-state index in [2.05, 4.69) is 0 Å². The molecule has 1 spiro atoms. The van der Waals surface area contributed by atoms with Gasteiger partial charge in [-0.15, -0.1) is 0 Å². The third kappa shape index (κ3) is 2.86. The Hall–Kier alpha value is -2.41. The minimum absolute atomic E-state index is 0.0688. The maximum Gasteiger partial charge on any atom is 0.314 e. The number of aliphatic hydroxyl groups excluding tert-OH is 1. The van der Waals surface area contributed by atoms with Crippen molar-refractivity contribution >= 4 is 17.8 Å². The van der Waals surface area contributed by atoms with Gasteiger partial charge >= 0.3 is 5.97 Å². The van der Waals surface area contributed by atoms with Gasteiger partial charge in [0.25, 0.3) is 11.8 Å². The summed E-state index contributed by atoms with van der Waals surface area (Å²) in [6.07, 6.45) is -0.543. The van der Waals surface area contributed by atoms with Crippen LogP contribution in [0.25, 0.3) is 0 Å². The number of aliphatic hydroxyl groups is 1. The van der Waals surface area contributed by atoms with Crippen LogP contribution in [0.2, 0.25) is 0 Å². The molecule has 0 radical (unpaired) electrons. The molecular weight excluding hydrogens is 336 g/mol. The normalized spacial score (nSPS) is 24.8. The number of amides is 2. The first kappa shape index (κ1) is 18.4. The van der Waals surface area contributed by atoms with Crippen molar-refractivity contribution in [2.45, 2.75) is 31.4 Å². The second kappa shape index (κ2) is 7.07. The molecule has 0 aliphatic carbocycles. The van der Waals surface area contributed by atoms with Gasteiger partial charge in [-0.05, 0) is 31.9 Å². The Balaban J connectivity index is 1.79. The molecule has 0 saturated carbocycles. The zero-order chi connectivity index (χ0) is 18.9. The van der Waals surface area contributed by atoms with Crippen LogP contribution < -0.4 is 0 Å². The lowest BCUT2D eigenvalue weighted by Gasteiger charge is -2.45. The Morgan fingerprint density at radius 2 is 1.85 bits per heavy atom. The summed E-state index contributed by atoms with van der Waals surface area (Å²) in [4.78, 5) is 40.6. The lowest BCUT2D eigenvalue weighted by molar-refractivity contribution is -0.155. The molecule has 2 heterocycles. The first-order chi connectivity index (χ1) is 12.4. The highest BCUT2D eigenvalue weighted by Gasteiger charge is 2.61. The van der Waals surface area contributed by atoms with Crippen molar-refractivity contribution in [2.75, 3.05) is 26.7 Å². The van der Waals surface area contributed by atoms with Gasteiger partial charge in [-0.25, -0.2) is 0 Å². The lowest BCUT2D eigenvalue weighted by Crippen LogP contribution is -2.57. The summed E-state index contributed by atoms with van der Waals surface area (Å²) in [5, 5.41) is 10.3. The SMILES string of the molecule is CCOC(=O)[C@H]1[C@@H](O)C(=O)N(C)C12CCN(C(=O)c1ccccc1)CC2. The fraction of sp³-hybridized carbons (Fsp3) is 0.526. The number of hydrogen-bond donors (Lipinski definition) is 1. The van der Waals surface area contributed by atoms with Gasteiger partial charge in [0.05, 0.1) is 12.1 Å². The van der Waals surface area contributed by atoms with Crippen molar-refractivity contribution in [1.82, 2.24) is 9.80 Å². The molecule has 2 fully saturated rings. The molecule has 0 bridgehead atoms. The first-order valence-corrected chi connectivity index (χ1v) is 8.89. The average molecular weight is 360 g/mol. The maximum atomic E-state index is 12.6. The molecule has 3 rings (SSSR count). The van der Waals surface area contributed by atoms with Gasteiger partial charge in [-0.1, -0.05) is 18.2 Å². The Morgan fingerprint density at radius 1 is 1.23 bits per heavy atom. The van der Waals surface area contributed by atoms with Crippen LogP contribution in [0.5, 0.6) is 0 Å². The fourth-order valence-electron chi connectivity index (χ4n) is 4.15. The molecule has 1 N–H and O–H groups in total. The van der Waals surface area contributed by atoms with Crippen LogP contribution >= 0.6 is 0 Å². The smallest absolute Gasteiger partial charge is 0.314 e. The van der Waals surface area contributed by atoms with Gasteiger partial charge < -0.3 is 19.6 Å². The fourth-order valence-corrected chi connectivity index (χ4v) is 4.15. The average Bonchev–Trinajstić information content (AvgIpc) is 2.84. The number of piperidine rings is 1. The highest BCUT2D eigenvalue weighted by Crippen LogP contribution is 2.43. The molecule has 7 heteroatoms. The molecule has 26 heavy (non-hydrogen) atoms. The second-order valence-corrected chi connectivity index (χ2v) is 6.83. The van der Waals surface area contributed by atoms with Crippen LogP contribution in [-0.4, -0.2) is 71.1 Å². The van der Waals surface area contributed by atoms with Crippen LogP contribution in [0, 0.1) is 5.92 Å². The molecule has 0 aromatic heterocycles. The van der Waals surface area contributed by atoms with Crippen molar-refractivity contribution in [3.05, 3.63) is 35.9 Å². The number of likely N-dealkylation sites (N-methyl/N-ethyl adjacent to an activating group) is 1. The Labute approximate surface area is 152 Å². The topological polar surface area (TPSA) is 87.2 Å². The van der Waals surface area contributed by atoms with E-state index in [9.17, 15) is 19.5 Å². The van der Waals surface area contributed by atoms with E-state index < -0.39 is 29.4 Å². The van der Waals surface area contributed by atoms with Crippen molar-refractivity contribution < 1.29 is 24.2 Å². The standard InChI is InChI=1S/C19H24N2O5/c1-3-26-18(25)14-15(22)17(24)20(2)19(14)9-11-21(12-10-19)16(23)13-7-5-4-6-8-13/h4-8,14-15,22H,3,9-12H2,1-2H3/t14-,15-/m1/s1. The van der Waals surface area contributed by atoms with Crippen LogP contribution in [0.3, 0.4) is 0 Å². The van der Waals surface area contributed by atoms with Crippen LogP contribution in [0.1, 0.15) is 30.1 Å². The summed E-state index contributed by atoms with van der Waals surface area (Å²) >= 11 is 0. The number of carbonyl (C=O) groups excluding carboxylic acids is 3. The van der Waals surface area contributed by atoms with Crippen molar-refractivity contribution in [2.24, 2.45) is 5.92 Å². The predicted molar refractivity (Wildman–Crippen MR) is 93.2 cm³/mol. The number of esters is 1. The summed E-state index contributed by atoms with van der Waals surface area (Å²) in [6.45, 7) is 2.70. The Bertz CT molecular complexity index is 697. The van der Waals surface area contributed by atoms with E-state index in [1.807, 2.05) is 18.2 Å². The summed E-state index contributed by atoms with van der Waals surface area (Å²) < 4.78 is 5.11. The molecule has 140 valence electrons. The van der Waals surface area contributed by atoms with E-state index >= 15 is 0 Å². The third-order valence-corrected chi connectivity index (χ3v) is 5.62. The van der Waals surface area contributed by atoms with E-state index in [0.29, 0.717) is 31.5 Å². The molecule has 1 aromatic rings. The van der Waals surface area contributed by atoms with Crippen LogP contribution in [0.15, 0.2) is 30.3 Å². The van der Waals surface area contributed by atoms with Gasteiger partial charge in [0.1, 0.15) is 12.0 Å². The summed E-state index contributed by atoms with van der Waals surface area (Å²) in [6, 6.07) is 9.02. The minimum atomic E-state index is -1.39. The molecule has 1 aromatic carbocycles. The molecule has 0 unspecified atom stereocenters. The molecule has 2 aliphatic rings. The monoisotopic (exact) mass is 360 g/mol. The number of hydrogen-bond acceptors (Lipinski definition) is 5. The van der Waals surface area contributed by atoms with Gasteiger partial charge in [-0.2, -0.15) is 0 Å². The summed E-state index contributed by atoms with van der Waals surface area (Å²) in [5.41, 5.74) is -0.197. The predicted octanol–water partition coefficient (Wildman–Crippen LogP) is 0.674. The van der Waals surface area contributed by atoms with Gasteiger partial charge in [0, 0.05) is 25.7 Å². The molecule has 2 atom stereocenters. The number of benzene rings is 1. The zero-order valence-corrected chi connectivity index (χ0v) is 15.1. The molecule has 7 nitrogen and oxygen atoms in total. The summed E-state index contributed by atoms with van der Waals surface area (Å²) in [7, 11) is 1.61. The van der Waals surface area contributed by atoms with Gasteiger partial charge in [0.2, 0.25) is 0 Å². The molecule has 2 saturated heterocycles. The van der Waals surface area contributed by atoms with E-state index in [1.54, 1.807) is 31.0 Å². The number of carbonyl (C=O) groups is 3. The van der Waals surface area contributed by atoms with Crippen LogP contribution in [-0.2, 0) is 14.3 Å². The highest BCUT2D eigenvalue weighted by atomic mass is 16.5. The van der Waals surface area contributed by atoms with Gasteiger partial charge in [-0.3, -0.25) is 14.4 Å². The number of likely N-dealkylation sites (tertiary alicyclic amines) is 2. The molecular formula is C19H24N2O5. The molecule has 2 aliphatic heterocycles. The maximum absolute atomic E-state index is 12.6. The number of ether oxygens (including phenoxy) is 1. The highest BCUT2D eigenvalue weighted by molar-refractivity contribution is 5.95. The number of rotatable bonds is 3. The van der Waals surface area contributed by atoms with E-state index in [4.69, 9.17) is 4.74 Å². The van der Waals surface area contributed by atoms with Crippen LogP contribution in [0.4, 0.5) is 0 Å². The van der Waals surface area contributed by atoms with Crippen molar-refractivity contribution in [3.63, 3.8) is 0 Å². The third-order valence-electron chi connectivity index (χ3n) is 5.62. The van der Waals surface area contributed by atoms with Crippen molar-refractivity contribution in [3.8, 4) is 0 Å². The minimum Gasteiger partial charge on any atom is -0.466 e. The van der Waals surface area contributed by atoms with E-state index in [0.717, 1.165) is 0 Å². The second-order valence-electron chi connectivity index (χ2n) is 6.83. The Morgan fingerprint density at radius 3 is 2.42 bits per heavy atom. The number of nitrogens with zero attached hydrogens (tertiary/aromatic N) is 2. The quantitative estimate of drug-likeness (QED) is 0.801. The van der Waals surface area contributed by atoms with E-state index in [1.165, 1.54) is 4.90 Å². The van der Waals surface area contributed by atoms with Crippen molar-refractivity contribution in [1.29, 1.82) is 0 Å². The zero-order valence-electron chi connectivity index (χ0n) is 15.1. The van der Waals surface area contributed by atoms with E-state index in [-0.39, 0.29) is 12.5 Å². The summed E-state index contributed by atoms with van der Waals surface area (Å²) in [5.74, 6) is -2.01. The lowest BCUT2D eigenvalue weighted by atomic mass is 9.76. The van der Waals surface area contributed by atoms with Gasteiger partial charge in [0.15, 0.2) is 0 Å². The largest absolute Gasteiger partial charge is 0.466 e.